The number of nitrogens with one attached hydrogen (secondary N) is 1. The number of carbonyl (C=O) groups is 1. The number of anilines is 3. The predicted molar refractivity (Wildman–Crippen MR) is 118 cm³/mol. The third-order valence-electron chi connectivity index (χ3n) is 5.23. The van der Waals surface area contributed by atoms with Crippen molar-refractivity contribution in [3.05, 3.63) is 72.7 Å². The minimum atomic E-state index is 0.241. The molecule has 1 aliphatic heterocycles. The van der Waals surface area contributed by atoms with E-state index in [1.54, 1.807) is 12.5 Å². The molecule has 7 nitrogen and oxygen atoms in total. The van der Waals surface area contributed by atoms with Crippen molar-refractivity contribution in [3.63, 3.8) is 0 Å². The zero-order valence-corrected chi connectivity index (χ0v) is 16.9. The molecular weight excluding hydrogens is 376 g/mol. The van der Waals surface area contributed by atoms with Gasteiger partial charge in [-0.25, -0.2) is 15.0 Å². The summed E-state index contributed by atoms with van der Waals surface area (Å²) in [5.41, 5.74) is 1.29. The molecule has 3 heterocycles. The quantitative estimate of drug-likeness (QED) is 0.654. The van der Waals surface area contributed by atoms with Crippen LogP contribution in [0.4, 0.5) is 17.5 Å². The Balaban J connectivity index is 1.26. The smallest absolute Gasteiger partial charge is 0.222 e. The Labute approximate surface area is 176 Å². The monoisotopic (exact) mass is 402 g/mol. The van der Waals surface area contributed by atoms with E-state index in [9.17, 15) is 4.79 Å². The van der Waals surface area contributed by atoms with Crippen molar-refractivity contribution in [2.45, 2.75) is 19.3 Å². The number of benzene rings is 1. The van der Waals surface area contributed by atoms with Crippen LogP contribution in [0.1, 0.15) is 18.4 Å². The molecule has 3 aromatic rings. The maximum Gasteiger partial charge on any atom is 0.222 e. The van der Waals surface area contributed by atoms with Crippen molar-refractivity contribution in [2.75, 3.05) is 36.4 Å². The summed E-state index contributed by atoms with van der Waals surface area (Å²) in [4.78, 5) is 29.7. The highest BCUT2D eigenvalue weighted by atomic mass is 16.2. The van der Waals surface area contributed by atoms with E-state index >= 15 is 0 Å². The number of carbonyl (C=O) groups excluding carboxylic acids is 1. The van der Waals surface area contributed by atoms with Gasteiger partial charge >= 0.3 is 0 Å². The summed E-state index contributed by atoms with van der Waals surface area (Å²) in [6, 6.07) is 17.9. The second kappa shape index (κ2) is 9.82. The zero-order valence-electron chi connectivity index (χ0n) is 16.9. The molecule has 1 amide bonds. The highest BCUT2D eigenvalue weighted by Crippen LogP contribution is 2.19. The van der Waals surface area contributed by atoms with Crippen molar-refractivity contribution < 1.29 is 4.79 Å². The van der Waals surface area contributed by atoms with Gasteiger partial charge in [-0.15, -0.1) is 0 Å². The third-order valence-corrected chi connectivity index (χ3v) is 5.23. The van der Waals surface area contributed by atoms with E-state index in [0.717, 1.165) is 50.7 Å². The van der Waals surface area contributed by atoms with Crippen LogP contribution in [0.15, 0.2) is 67.1 Å². The van der Waals surface area contributed by atoms with Crippen LogP contribution in [0.25, 0.3) is 0 Å². The number of nitrogens with zero attached hydrogens (tertiary/aromatic N) is 5. The van der Waals surface area contributed by atoms with Crippen molar-refractivity contribution in [1.82, 2.24) is 19.9 Å². The molecule has 154 valence electrons. The molecule has 0 bridgehead atoms. The fourth-order valence-corrected chi connectivity index (χ4v) is 3.59. The van der Waals surface area contributed by atoms with Crippen molar-refractivity contribution in [3.8, 4) is 0 Å². The highest BCUT2D eigenvalue weighted by Gasteiger charge is 2.21. The SMILES string of the molecule is O=C(CCCc1ccccc1)N1CCN(c2cc(Nc3ccccn3)ncn2)CC1. The largest absolute Gasteiger partial charge is 0.353 e. The number of piperazine rings is 1. The predicted octanol–water partition coefficient (Wildman–Crippen LogP) is 3.29. The van der Waals surface area contributed by atoms with E-state index in [0.29, 0.717) is 12.2 Å². The Morgan fingerprint density at radius 1 is 0.900 bits per heavy atom. The second-order valence-electron chi connectivity index (χ2n) is 7.31. The van der Waals surface area contributed by atoms with E-state index < -0.39 is 0 Å². The fraction of sp³-hybridized carbons (Fsp3) is 0.304. The van der Waals surface area contributed by atoms with E-state index in [1.807, 2.05) is 47.4 Å². The van der Waals surface area contributed by atoms with Crippen molar-refractivity contribution >= 4 is 23.4 Å². The van der Waals surface area contributed by atoms with E-state index in [2.05, 4.69) is 37.3 Å². The molecular formula is C23H26N6O. The normalized spacial score (nSPS) is 13.9. The van der Waals surface area contributed by atoms with Crippen molar-refractivity contribution in [1.29, 1.82) is 0 Å². The van der Waals surface area contributed by atoms with E-state index in [4.69, 9.17) is 0 Å². The summed E-state index contributed by atoms with van der Waals surface area (Å²) in [7, 11) is 0. The Kier molecular flexibility index (Phi) is 6.49. The summed E-state index contributed by atoms with van der Waals surface area (Å²) in [6.45, 7) is 2.98. The number of pyridine rings is 1. The third kappa shape index (κ3) is 5.31. The lowest BCUT2D eigenvalue weighted by Crippen LogP contribution is -2.49. The van der Waals surface area contributed by atoms with Crippen LogP contribution in [0.3, 0.4) is 0 Å². The van der Waals surface area contributed by atoms with Crippen LogP contribution in [0.2, 0.25) is 0 Å². The molecule has 4 rings (SSSR count). The maximum atomic E-state index is 12.6. The van der Waals surface area contributed by atoms with Crippen molar-refractivity contribution in [2.24, 2.45) is 0 Å². The molecule has 0 aliphatic carbocycles. The van der Waals surface area contributed by atoms with Gasteiger partial charge in [0.25, 0.3) is 0 Å². The number of amides is 1. The molecule has 0 spiro atoms. The van der Waals surface area contributed by atoms with Gasteiger partial charge in [0, 0.05) is 44.9 Å². The van der Waals surface area contributed by atoms with Gasteiger partial charge in [-0.3, -0.25) is 4.79 Å². The number of hydrogen-bond donors (Lipinski definition) is 1. The number of aryl methyl sites for hydroxylation is 1. The van der Waals surface area contributed by atoms with Crippen LogP contribution >= 0.6 is 0 Å². The van der Waals surface area contributed by atoms with Gasteiger partial charge in [0.15, 0.2) is 0 Å². The lowest BCUT2D eigenvalue weighted by atomic mass is 10.1. The van der Waals surface area contributed by atoms with Gasteiger partial charge < -0.3 is 15.1 Å². The molecule has 0 atom stereocenters. The standard InChI is InChI=1S/C23H26N6O/c30-23(11-6-9-19-7-2-1-3-8-19)29-15-13-28(14-16-29)22-17-21(25-18-26-22)27-20-10-4-5-12-24-20/h1-5,7-8,10,12,17-18H,6,9,11,13-16H2,(H,24,25,26,27). The van der Waals surface area contributed by atoms with Gasteiger partial charge in [0.1, 0.15) is 23.8 Å². The maximum absolute atomic E-state index is 12.6. The van der Waals surface area contributed by atoms with Crippen LogP contribution in [-0.4, -0.2) is 51.9 Å². The van der Waals surface area contributed by atoms with Crippen LogP contribution < -0.4 is 10.2 Å². The van der Waals surface area contributed by atoms with Gasteiger partial charge in [-0.05, 0) is 30.5 Å². The molecule has 0 saturated carbocycles. The highest BCUT2D eigenvalue weighted by molar-refractivity contribution is 5.76. The topological polar surface area (TPSA) is 74.2 Å². The Hall–Kier alpha value is -3.48. The van der Waals surface area contributed by atoms with Gasteiger partial charge in [0.05, 0.1) is 0 Å². The van der Waals surface area contributed by atoms with Crippen LogP contribution in [0.5, 0.6) is 0 Å². The van der Waals surface area contributed by atoms with Crippen LogP contribution in [-0.2, 0) is 11.2 Å². The summed E-state index contributed by atoms with van der Waals surface area (Å²) >= 11 is 0. The molecule has 7 heteroatoms. The molecule has 30 heavy (non-hydrogen) atoms. The average Bonchev–Trinajstić information content (AvgIpc) is 2.81. The summed E-state index contributed by atoms with van der Waals surface area (Å²) in [5, 5.41) is 3.19. The molecule has 1 aromatic carbocycles. The molecule has 1 saturated heterocycles. The summed E-state index contributed by atoms with van der Waals surface area (Å²) < 4.78 is 0. The first-order chi connectivity index (χ1) is 14.8. The number of aromatic nitrogens is 3. The van der Waals surface area contributed by atoms with Crippen LogP contribution in [0, 0.1) is 0 Å². The average molecular weight is 403 g/mol. The summed E-state index contributed by atoms with van der Waals surface area (Å²) in [6.07, 6.45) is 5.72. The fourth-order valence-electron chi connectivity index (χ4n) is 3.59. The van der Waals surface area contributed by atoms with Gasteiger partial charge in [0.2, 0.25) is 5.91 Å². The van der Waals surface area contributed by atoms with Gasteiger partial charge in [-0.1, -0.05) is 36.4 Å². The zero-order chi connectivity index (χ0) is 20.6. The number of hydrogen-bond acceptors (Lipinski definition) is 6. The molecule has 1 aliphatic rings. The first-order valence-electron chi connectivity index (χ1n) is 10.3. The lowest BCUT2D eigenvalue weighted by molar-refractivity contribution is -0.131. The first kappa shape index (κ1) is 19.8. The Morgan fingerprint density at radius 3 is 2.47 bits per heavy atom. The second-order valence-corrected chi connectivity index (χ2v) is 7.31. The molecule has 1 N–H and O–H groups in total. The molecule has 2 aromatic heterocycles. The molecule has 0 radical (unpaired) electrons. The minimum absolute atomic E-state index is 0.241. The minimum Gasteiger partial charge on any atom is -0.353 e. The molecule has 0 unspecified atom stereocenters. The number of rotatable bonds is 7. The first-order valence-corrected chi connectivity index (χ1v) is 10.3. The Morgan fingerprint density at radius 2 is 1.70 bits per heavy atom. The Bertz CT molecular complexity index is 942. The summed E-state index contributed by atoms with van der Waals surface area (Å²) in [5.74, 6) is 2.55. The lowest BCUT2D eigenvalue weighted by Gasteiger charge is -2.35. The van der Waals surface area contributed by atoms with E-state index in [1.165, 1.54) is 5.56 Å². The van der Waals surface area contributed by atoms with Gasteiger partial charge in [-0.2, -0.15) is 0 Å². The van der Waals surface area contributed by atoms with E-state index in [-0.39, 0.29) is 5.91 Å². The molecule has 1 fully saturated rings.